The van der Waals surface area contributed by atoms with Crippen LogP contribution in [0.1, 0.15) is 41.7 Å². The highest BCUT2D eigenvalue weighted by atomic mass is 16.5. The maximum absolute atomic E-state index is 12.4. The van der Waals surface area contributed by atoms with E-state index in [2.05, 4.69) is 5.32 Å². The van der Waals surface area contributed by atoms with Gasteiger partial charge in [-0.25, -0.2) is 0 Å². The van der Waals surface area contributed by atoms with Crippen LogP contribution in [-0.2, 0) is 9.59 Å². The summed E-state index contributed by atoms with van der Waals surface area (Å²) in [6.07, 6.45) is 1.42. The van der Waals surface area contributed by atoms with E-state index in [0.717, 1.165) is 18.5 Å². The number of benzene rings is 2. The van der Waals surface area contributed by atoms with E-state index in [1.54, 1.807) is 29.2 Å². The highest BCUT2D eigenvalue weighted by Crippen LogP contribution is 2.19. The van der Waals surface area contributed by atoms with Crippen molar-refractivity contribution in [2.75, 3.05) is 19.7 Å². The smallest absolute Gasteiger partial charge is 0.258 e. The van der Waals surface area contributed by atoms with Crippen LogP contribution in [0.3, 0.4) is 0 Å². The minimum Gasteiger partial charge on any atom is -0.484 e. The van der Waals surface area contributed by atoms with Gasteiger partial charge in [-0.15, -0.1) is 0 Å². The summed E-state index contributed by atoms with van der Waals surface area (Å²) >= 11 is 0. The molecule has 1 heterocycles. The molecule has 0 aromatic heterocycles. The molecule has 1 atom stereocenters. The standard InChI is InChI=1S/C22H24N2O4/c1-16(25)17-9-11-19(12-10-17)28-15-21(26)23-20(18-6-3-2-4-7-18)14-24-13-5-8-22(24)27/h2-4,6-7,9-12,20H,5,8,13-15H2,1H3,(H,23,26). The number of Topliss-reactive ketones (excluding diaryl/α,β-unsaturated/α-hetero) is 1. The topological polar surface area (TPSA) is 75.7 Å². The fourth-order valence-electron chi connectivity index (χ4n) is 3.21. The molecule has 0 bridgehead atoms. The molecule has 2 aromatic carbocycles. The minimum atomic E-state index is -0.292. The zero-order valence-electron chi connectivity index (χ0n) is 15.9. The second kappa shape index (κ2) is 9.17. The normalized spacial score (nSPS) is 14.6. The first kappa shape index (κ1) is 19.6. The third-order valence-corrected chi connectivity index (χ3v) is 4.74. The summed E-state index contributed by atoms with van der Waals surface area (Å²) in [5.41, 5.74) is 1.54. The molecule has 1 aliphatic rings. The number of ether oxygens (including phenoxy) is 1. The van der Waals surface area contributed by atoms with Gasteiger partial charge in [0, 0.05) is 25.1 Å². The lowest BCUT2D eigenvalue weighted by Gasteiger charge is -2.25. The molecule has 6 nitrogen and oxygen atoms in total. The Morgan fingerprint density at radius 1 is 1.11 bits per heavy atom. The SMILES string of the molecule is CC(=O)c1ccc(OCC(=O)NC(CN2CCCC2=O)c2ccccc2)cc1. The summed E-state index contributed by atoms with van der Waals surface area (Å²) in [6, 6.07) is 16.0. The molecule has 1 saturated heterocycles. The number of hydrogen-bond donors (Lipinski definition) is 1. The molecule has 2 amide bonds. The van der Waals surface area contributed by atoms with E-state index < -0.39 is 0 Å². The van der Waals surface area contributed by atoms with Gasteiger partial charge < -0.3 is 15.0 Å². The predicted octanol–water partition coefficient (Wildman–Crippen LogP) is 2.75. The van der Waals surface area contributed by atoms with Crippen LogP contribution in [0.25, 0.3) is 0 Å². The minimum absolute atomic E-state index is 0.0218. The molecule has 0 aliphatic carbocycles. The fourth-order valence-corrected chi connectivity index (χ4v) is 3.21. The molecule has 28 heavy (non-hydrogen) atoms. The summed E-state index contributed by atoms with van der Waals surface area (Å²) < 4.78 is 5.53. The van der Waals surface area contributed by atoms with E-state index in [0.29, 0.717) is 24.3 Å². The molecule has 0 saturated carbocycles. The molecule has 1 unspecified atom stereocenters. The lowest BCUT2D eigenvalue weighted by atomic mass is 10.1. The van der Waals surface area contributed by atoms with Crippen molar-refractivity contribution in [2.24, 2.45) is 0 Å². The second-order valence-electron chi connectivity index (χ2n) is 6.84. The molecule has 0 spiro atoms. The van der Waals surface area contributed by atoms with E-state index in [4.69, 9.17) is 4.74 Å². The number of nitrogens with zero attached hydrogens (tertiary/aromatic N) is 1. The van der Waals surface area contributed by atoms with Crippen LogP contribution in [-0.4, -0.2) is 42.2 Å². The Balaban J connectivity index is 1.60. The van der Waals surface area contributed by atoms with E-state index in [9.17, 15) is 14.4 Å². The maximum Gasteiger partial charge on any atom is 0.258 e. The molecule has 0 radical (unpaired) electrons. The van der Waals surface area contributed by atoms with Crippen molar-refractivity contribution in [3.05, 3.63) is 65.7 Å². The van der Waals surface area contributed by atoms with Crippen molar-refractivity contribution in [1.29, 1.82) is 0 Å². The maximum atomic E-state index is 12.4. The molecular weight excluding hydrogens is 356 g/mol. The van der Waals surface area contributed by atoms with Gasteiger partial charge in [0.25, 0.3) is 5.91 Å². The van der Waals surface area contributed by atoms with Gasteiger partial charge in [-0.3, -0.25) is 14.4 Å². The van der Waals surface area contributed by atoms with Gasteiger partial charge >= 0.3 is 0 Å². The van der Waals surface area contributed by atoms with Crippen molar-refractivity contribution in [2.45, 2.75) is 25.8 Å². The zero-order chi connectivity index (χ0) is 19.9. The number of carbonyl (C=O) groups excluding carboxylic acids is 3. The van der Waals surface area contributed by atoms with Crippen molar-refractivity contribution in [3.8, 4) is 5.75 Å². The number of carbonyl (C=O) groups is 3. The Kier molecular flexibility index (Phi) is 6.42. The number of likely N-dealkylation sites (tertiary alicyclic amines) is 1. The van der Waals surface area contributed by atoms with E-state index in [1.807, 2.05) is 30.3 Å². The molecule has 146 valence electrons. The van der Waals surface area contributed by atoms with Gasteiger partial charge in [0.05, 0.1) is 6.04 Å². The Morgan fingerprint density at radius 2 is 1.82 bits per heavy atom. The second-order valence-corrected chi connectivity index (χ2v) is 6.84. The van der Waals surface area contributed by atoms with Crippen LogP contribution >= 0.6 is 0 Å². The van der Waals surface area contributed by atoms with Gasteiger partial charge in [-0.05, 0) is 43.2 Å². The number of nitrogens with one attached hydrogen (secondary N) is 1. The van der Waals surface area contributed by atoms with Crippen LogP contribution in [0.2, 0.25) is 0 Å². The van der Waals surface area contributed by atoms with Gasteiger partial charge in [-0.1, -0.05) is 30.3 Å². The lowest BCUT2D eigenvalue weighted by Crippen LogP contribution is -2.40. The average molecular weight is 380 g/mol. The predicted molar refractivity (Wildman–Crippen MR) is 105 cm³/mol. The first-order chi connectivity index (χ1) is 13.5. The molecule has 2 aromatic rings. The summed E-state index contributed by atoms with van der Waals surface area (Å²) in [6.45, 7) is 2.52. The molecule has 1 fully saturated rings. The highest BCUT2D eigenvalue weighted by molar-refractivity contribution is 5.94. The molecule has 6 heteroatoms. The van der Waals surface area contributed by atoms with Crippen molar-refractivity contribution < 1.29 is 19.1 Å². The fraction of sp³-hybridized carbons (Fsp3) is 0.318. The average Bonchev–Trinajstić information content (AvgIpc) is 3.11. The summed E-state index contributed by atoms with van der Waals surface area (Å²) in [7, 11) is 0. The number of rotatable bonds is 8. The van der Waals surface area contributed by atoms with Crippen LogP contribution < -0.4 is 10.1 Å². The van der Waals surface area contributed by atoms with Crippen LogP contribution in [0.4, 0.5) is 0 Å². The third kappa shape index (κ3) is 5.19. The number of ketones is 1. The van der Waals surface area contributed by atoms with Crippen molar-refractivity contribution >= 4 is 17.6 Å². The van der Waals surface area contributed by atoms with E-state index in [1.165, 1.54) is 6.92 Å². The highest BCUT2D eigenvalue weighted by Gasteiger charge is 2.25. The largest absolute Gasteiger partial charge is 0.484 e. The van der Waals surface area contributed by atoms with Gasteiger partial charge in [0.15, 0.2) is 12.4 Å². The lowest BCUT2D eigenvalue weighted by molar-refractivity contribution is -0.129. The number of amides is 2. The number of hydrogen-bond acceptors (Lipinski definition) is 4. The zero-order valence-corrected chi connectivity index (χ0v) is 15.9. The molecule has 1 aliphatic heterocycles. The van der Waals surface area contributed by atoms with Crippen LogP contribution in [0, 0.1) is 0 Å². The Morgan fingerprint density at radius 3 is 2.43 bits per heavy atom. The first-order valence-electron chi connectivity index (χ1n) is 9.39. The third-order valence-electron chi connectivity index (χ3n) is 4.74. The Labute approximate surface area is 164 Å². The quantitative estimate of drug-likeness (QED) is 0.715. The van der Waals surface area contributed by atoms with Gasteiger partial charge in [-0.2, -0.15) is 0 Å². The van der Waals surface area contributed by atoms with E-state index in [-0.39, 0.29) is 30.2 Å². The van der Waals surface area contributed by atoms with Crippen molar-refractivity contribution in [1.82, 2.24) is 10.2 Å². The molecule has 3 rings (SSSR count). The monoisotopic (exact) mass is 380 g/mol. The first-order valence-corrected chi connectivity index (χ1v) is 9.39. The van der Waals surface area contributed by atoms with Gasteiger partial charge in [0.2, 0.25) is 5.91 Å². The van der Waals surface area contributed by atoms with Crippen LogP contribution in [0.5, 0.6) is 5.75 Å². The Hall–Kier alpha value is -3.15. The van der Waals surface area contributed by atoms with Gasteiger partial charge in [0.1, 0.15) is 5.75 Å². The van der Waals surface area contributed by atoms with E-state index >= 15 is 0 Å². The van der Waals surface area contributed by atoms with Crippen LogP contribution in [0.15, 0.2) is 54.6 Å². The summed E-state index contributed by atoms with van der Waals surface area (Å²) in [5.74, 6) is 0.353. The molecular formula is C22H24N2O4. The van der Waals surface area contributed by atoms with Crippen molar-refractivity contribution in [3.63, 3.8) is 0 Å². The summed E-state index contributed by atoms with van der Waals surface area (Å²) in [5, 5.41) is 2.97. The Bertz CT molecular complexity index is 833. The summed E-state index contributed by atoms with van der Waals surface area (Å²) in [4.78, 5) is 37.5. The molecule has 1 N–H and O–H groups in total.